The van der Waals surface area contributed by atoms with E-state index in [1.165, 1.54) is 24.1 Å². The average molecular weight is 524 g/mol. The molecule has 1 atom stereocenters. The van der Waals surface area contributed by atoms with E-state index in [1.54, 1.807) is 6.20 Å². The molecule has 0 saturated heterocycles. The highest BCUT2D eigenvalue weighted by Crippen LogP contribution is 2.38. The van der Waals surface area contributed by atoms with E-state index in [4.69, 9.17) is 14.5 Å². The first-order valence-corrected chi connectivity index (χ1v) is 13.1. The number of hydrogen-bond donors (Lipinski definition) is 0. The highest BCUT2D eigenvalue weighted by molar-refractivity contribution is 9.09. The Morgan fingerprint density at radius 3 is 2.65 bits per heavy atom. The molecule has 2 aromatic rings. The van der Waals surface area contributed by atoms with Crippen molar-refractivity contribution in [1.29, 1.82) is 0 Å². The number of nitrogens with zero attached hydrogens (tertiary/aromatic N) is 2. The smallest absolute Gasteiger partial charge is 0.137 e. The van der Waals surface area contributed by atoms with Crippen LogP contribution < -0.4 is 9.47 Å². The van der Waals surface area contributed by atoms with Gasteiger partial charge in [-0.2, -0.15) is 0 Å². The number of allylic oxidation sites excluding steroid dienone is 5. The average Bonchev–Trinajstić information content (AvgIpc) is 3.70. The first-order chi connectivity index (χ1) is 16.5. The minimum atomic E-state index is 0.394. The molecule has 4 nitrogen and oxygen atoms in total. The van der Waals surface area contributed by atoms with E-state index >= 15 is 0 Å². The molecule has 1 aromatic carbocycles. The molecule has 1 unspecified atom stereocenters. The summed E-state index contributed by atoms with van der Waals surface area (Å²) in [6.45, 7) is 11.4. The first-order valence-electron chi connectivity index (χ1n) is 12.0. The molecule has 0 spiro atoms. The Hall–Kier alpha value is -2.66. The van der Waals surface area contributed by atoms with Crippen LogP contribution in [0.1, 0.15) is 44.4 Å². The van der Waals surface area contributed by atoms with E-state index < -0.39 is 0 Å². The van der Waals surface area contributed by atoms with Gasteiger partial charge in [0.05, 0.1) is 24.2 Å². The zero-order valence-corrected chi connectivity index (χ0v) is 22.1. The second-order valence-corrected chi connectivity index (χ2v) is 9.38. The third-order valence-corrected chi connectivity index (χ3v) is 6.20. The second kappa shape index (κ2) is 13.3. The van der Waals surface area contributed by atoms with Gasteiger partial charge in [-0.3, -0.25) is 9.98 Å². The van der Waals surface area contributed by atoms with Gasteiger partial charge in [-0.25, -0.2) is 0 Å². The van der Waals surface area contributed by atoms with Crippen LogP contribution in [0.2, 0.25) is 0 Å². The summed E-state index contributed by atoms with van der Waals surface area (Å²) in [5.74, 6) is 2.54. The molecule has 1 fully saturated rings. The fourth-order valence-corrected chi connectivity index (χ4v) is 3.69. The number of aromatic nitrogens is 1. The number of aliphatic imine (C=N–C) groups is 1. The van der Waals surface area contributed by atoms with Crippen LogP contribution in [0.5, 0.6) is 11.5 Å². The Balaban J connectivity index is 1.80. The van der Waals surface area contributed by atoms with Crippen molar-refractivity contribution in [2.24, 2.45) is 16.8 Å². The number of hydrogen-bond acceptors (Lipinski definition) is 4. The van der Waals surface area contributed by atoms with Crippen molar-refractivity contribution in [2.45, 2.75) is 46.6 Å². The molecule has 0 bridgehead atoms. The van der Waals surface area contributed by atoms with E-state index in [1.807, 2.05) is 36.4 Å². The summed E-state index contributed by atoms with van der Waals surface area (Å²) >= 11 is 3.36. The molecule has 0 radical (unpaired) electrons. The zero-order valence-electron chi connectivity index (χ0n) is 20.5. The number of halogens is 1. The molecule has 0 N–H and O–H groups in total. The summed E-state index contributed by atoms with van der Waals surface area (Å²) < 4.78 is 11.6. The summed E-state index contributed by atoms with van der Waals surface area (Å²) in [5.41, 5.74) is 5.49. The molecular formula is C29H35BrN2O2. The highest BCUT2D eigenvalue weighted by Gasteiger charge is 2.31. The Bertz CT molecular complexity index is 1040. The van der Waals surface area contributed by atoms with Gasteiger partial charge in [0.15, 0.2) is 0 Å². The molecule has 1 aliphatic rings. The van der Waals surface area contributed by atoms with Crippen LogP contribution in [-0.4, -0.2) is 22.6 Å². The van der Waals surface area contributed by atoms with E-state index in [2.05, 4.69) is 66.5 Å². The van der Waals surface area contributed by atoms with E-state index in [0.29, 0.717) is 25.0 Å². The Labute approximate surface area is 212 Å². The molecule has 1 heterocycles. The Morgan fingerprint density at radius 1 is 1.21 bits per heavy atom. The quantitative estimate of drug-likeness (QED) is 0.152. The Morgan fingerprint density at radius 2 is 2.00 bits per heavy atom. The largest absolute Gasteiger partial charge is 0.491 e. The summed E-state index contributed by atoms with van der Waals surface area (Å²) in [6.07, 6.45) is 13.3. The third-order valence-electron chi connectivity index (χ3n) is 5.88. The molecule has 0 aliphatic heterocycles. The molecule has 5 heteroatoms. The molecule has 180 valence electrons. The van der Waals surface area contributed by atoms with E-state index in [0.717, 1.165) is 40.2 Å². The standard InChI is InChI=1S/C29H35BrN2O2/c1-5-7-8-9-27(21(3)6-2)29(23-11-12-23)32-28-18-25(14-10-22(28)4)34-20-24-13-15-26(19-31-24)33-17-16-30/h5,7-10,13-15,18-19,21,23H,1,6,11-12,16-17,20H2,2-4H3/b8-7-,27-9+,32-29?. The van der Waals surface area contributed by atoms with Crippen molar-refractivity contribution in [3.05, 3.63) is 84.2 Å². The van der Waals surface area contributed by atoms with Gasteiger partial charge >= 0.3 is 0 Å². The molecular weight excluding hydrogens is 488 g/mol. The maximum atomic E-state index is 6.06. The lowest BCUT2D eigenvalue weighted by Gasteiger charge is -2.17. The maximum absolute atomic E-state index is 6.06. The number of aryl methyl sites for hydroxylation is 1. The Kier molecular flexibility index (Phi) is 10.1. The summed E-state index contributed by atoms with van der Waals surface area (Å²) in [4.78, 5) is 9.64. The van der Waals surface area contributed by atoms with E-state index in [-0.39, 0.29) is 0 Å². The minimum Gasteiger partial charge on any atom is -0.491 e. The van der Waals surface area contributed by atoms with Gasteiger partial charge in [-0.15, -0.1) is 0 Å². The van der Waals surface area contributed by atoms with Gasteiger partial charge in [0.1, 0.15) is 18.1 Å². The van der Waals surface area contributed by atoms with Gasteiger partial charge < -0.3 is 9.47 Å². The van der Waals surface area contributed by atoms with Crippen LogP contribution in [0.4, 0.5) is 5.69 Å². The van der Waals surface area contributed by atoms with Crippen LogP contribution in [0, 0.1) is 18.8 Å². The van der Waals surface area contributed by atoms with Gasteiger partial charge in [-0.1, -0.05) is 66.7 Å². The number of rotatable bonds is 13. The lowest BCUT2D eigenvalue weighted by Crippen LogP contribution is -2.12. The number of benzene rings is 1. The van der Waals surface area contributed by atoms with E-state index in [9.17, 15) is 0 Å². The second-order valence-electron chi connectivity index (χ2n) is 8.58. The summed E-state index contributed by atoms with van der Waals surface area (Å²) in [7, 11) is 0. The highest BCUT2D eigenvalue weighted by atomic mass is 79.9. The van der Waals surface area contributed by atoms with Gasteiger partial charge in [0, 0.05) is 23.0 Å². The predicted octanol–water partition coefficient (Wildman–Crippen LogP) is 7.94. The van der Waals surface area contributed by atoms with Crippen LogP contribution in [0.15, 0.2) is 78.0 Å². The molecule has 1 aromatic heterocycles. The molecule has 34 heavy (non-hydrogen) atoms. The minimum absolute atomic E-state index is 0.394. The molecule has 3 rings (SSSR count). The van der Waals surface area contributed by atoms with Crippen molar-refractivity contribution in [3.63, 3.8) is 0 Å². The number of alkyl halides is 1. The van der Waals surface area contributed by atoms with Crippen molar-refractivity contribution in [3.8, 4) is 11.5 Å². The van der Waals surface area contributed by atoms with Gasteiger partial charge in [0.2, 0.25) is 0 Å². The monoisotopic (exact) mass is 522 g/mol. The van der Waals surface area contributed by atoms with Crippen LogP contribution in [0.25, 0.3) is 0 Å². The predicted molar refractivity (Wildman–Crippen MR) is 146 cm³/mol. The number of ether oxygens (including phenoxy) is 2. The maximum Gasteiger partial charge on any atom is 0.137 e. The van der Waals surface area contributed by atoms with Crippen molar-refractivity contribution in [1.82, 2.24) is 4.98 Å². The fraction of sp³-hybridized carbons (Fsp3) is 0.379. The topological polar surface area (TPSA) is 43.7 Å². The lowest BCUT2D eigenvalue weighted by molar-refractivity contribution is 0.300. The SMILES string of the molecule is C=C/C=C\C=C(\C(=Nc1cc(OCc2ccc(OCCBr)cn2)ccc1C)C1CC1)C(C)CC. The van der Waals surface area contributed by atoms with Crippen LogP contribution >= 0.6 is 15.9 Å². The normalized spacial score (nSPS) is 15.4. The molecule has 1 saturated carbocycles. The van der Waals surface area contributed by atoms with Crippen LogP contribution in [0.3, 0.4) is 0 Å². The van der Waals surface area contributed by atoms with Crippen molar-refractivity contribution < 1.29 is 9.47 Å². The first kappa shape index (κ1) is 26.0. The summed E-state index contributed by atoms with van der Waals surface area (Å²) in [5, 5.41) is 0.790. The zero-order chi connectivity index (χ0) is 24.3. The third kappa shape index (κ3) is 7.69. The summed E-state index contributed by atoms with van der Waals surface area (Å²) in [6, 6.07) is 9.97. The van der Waals surface area contributed by atoms with Gasteiger partial charge in [0.25, 0.3) is 0 Å². The lowest BCUT2D eigenvalue weighted by atomic mass is 9.91. The molecule has 0 amide bonds. The molecule has 1 aliphatic carbocycles. The van der Waals surface area contributed by atoms with Crippen molar-refractivity contribution >= 4 is 27.3 Å². The van der Waals surface area contributed by atoms with Crippen molar-refractivity contribution in [2.75, 3.05) is 11.9 Å². The van der Waals surface area contributed by atoms with Crippen LogP contribution in [-0.2, 0) is 6.61 Å². The number of pyridine rings is 1. The van der Waals surface area contributed by atoms with Gasteiger partial charge in [-0.05, 0) is 61.4 Å². The fourth-order valence-electron chi connectivity index (χ4n) is 3.53.